The molecule has 0 aliphatic rings. The first kappa shape index (κ1) is 19.1. The number of carbonyl (C=O) groups is 1. The van der Waals surface area contributed by atoms with Crippen molar-refractivity contribution in [3.63, 3.8) is 0 Å². The van der Waals surface area contributed by atoms with Crippen LogP contribution in [0, 0.1) is 6.92 Å². The average Bonchev–Trinajstić information content (AvgIpc) is 3.29. The van der Waals surface area contributed by atoms with Gasteiger partial charge in [-0.2, -0.15) is 8.78 Å². The molecule has 0 atom stereocenters. The normalized spacial score (nSPS) is 11.2. The van der Waals surface area contributed by atoms with Crippen molar-refractivity contribution in [2.75, 3.05) is 5.32 Å². The topological polar surface area (TPSA) is 64.4 Å². The van der Waals surface area contributed by atoms with Crippen LogP contribution in [0.3, 0.4) is 0 Å². The number of para-hydroxylation sites is 1. The maximum Gasteiger partial charge on any atom is 0.387 e. The fraction of sp³-hybridized carbons (Fsp3) is 0.143. The molecule has 2 aromatic carbocycles. The number of thiazole rings is 1. The highest BCUT2D eigenvalue weighted by molar-refractivity contribution is 7.14. The first-order valence-corrected chi connectivity index (χ1v) is 9.64. The summed E-state index contributed by atoms with van der Waals surface area (Å²) in [7, 11) is 0. The lowest BCUT2D eigenvalue weighted by Gasteiger charge is -2.08. The molecule has 0 fully saturated rings. The van der Waals surface area contributed by atoms with Crippen molar-refractivity contribution in [3.05, 3.63) is 65.2 Å². The van der Waals surface area contributed by atoms with Gasteiger partial charge in [-0.15, -0.1) is 11.3 Å². The van der Waals surface area contributed by atoms with Gasteiger partial charge in [0.15, 0.2) is 5.13 Å². The van der Waals surface area contributed by atoms with Gasteiger partial charge in [0, 0.05) is 21.9 Å². The summed E-state index contributed by atoms with van der Waals surface area (Å²) >= 11 is 1.21. The van der Waals surface area contributed by atoms with Gasteiger partial charge in [0.05, 0.1) is 18.4 Å². The molecule has 148 valence electrons. The predicted molar refractivity (Wildman–Crippen MR) is 107 cm³/mol. The largest absolute Gasteiger partial charge is 0.464 e. The number of halogens is 2. The number of furan rings is 1. The Bertz CT molecular complexity index is 1170. The van der Waals surface area contributed by atoms with Gasteiger partial charge in [0.2, 0.25) is 5.91 Å². The van der Waals surface area contributed by atoms with E-state index in [2.05, 4.69) is 15.0 Å². The van der Waals surface area contributed by atoms with Crippen LogP contribution in [0.5, 0.6) is 5.75 Å². The highest BCUT2D eigenvalue weighted by Crippen LogP contribution is 2.33. The highest BCUT2D eigenvalue weighted by Gasteiger charge is 2.15. The first-order valence-electron chi connectivity index (χ1n) is 8.76. The van der Waals surface area contributed by atoms with E-state index in [-0.39, 0.29) is 18.1 Å². The van der Waals surface area contributed by atoms with Gasteiger partial charge in [-0.1, -0.05) is 24.3 Å². The van der Waals surface area contributed by atoms with Crippen LogP contribution in [-0.4, -0.2) is 17.5 Å². The predicted octanol–water partition coefficient (Wildman–Crippen LogP) is 5.65. The number of benzene rings is 2. The van der Waals surface area contributed by atoms with Crippen LogP contribution in [0.2, 0.25) is 0 Å². The van der Waals surface area contributed by atoms with E-state index in [0.717, 1.165) is 22.1 Å². The van der Waals surface area contributed by atoms with Crippen LogP contribution >= 0.6 is 11.3 Å². The zero-order chi connectivity index (χ0) is 20.4. The van der Waals surface area contributed by atoms with E-state index in [1.165, 1.54) is 17.4 Å². The number of carbonyl (C=O) groups excluding carboxylic acids is 1. The van der Waals surface area contributed by atoms with E-state index in [0.29, 0.717) is 16.4 Å². The Morgan fingerprint density at radius 2 is 2.10 bits per heavy atom. The Kier molecular flexibility index (Phi) is 5.26. The molecular weight excluding hydrogens is 398 g/mol. The number of hydrogen-bond acceptors (Lipinski definition) is 5. The second-order valence-electron chi connectivity index (χ2n) is 6.40. The number of rotatable bonds is 6. The Balaban J connectivity index is 1.48. The van der Waals surface area contributed by atoms with E-state index in [4.69, 9.17) is 4.42 Å². The van der Waals surface area contributed by atoms with Gasteiger partial charge in [0.25, 0.3) is 0 Å². The summed E-state index contributed by atoms with van der Waals surface area (Å²) < 4.78 is 35.3. The van der Waals surface area contributed by atoms with E-state index in [1.54, 1.807) is 29.8 Å². The van der Waals surface area contributed by atoms with Crippen molar-refractivity contribution in [2.45, 2.75) is 20.0 Å². The molecule has 0 aliphatic heterocycles. The Hall–Kier alpha value is -3.26. The standard InChI is InChI=1S/C21H16F2N2O3S/c1-12-6-7-14-13(10-27-18(14)8-12)9-19(26)25-21-24-16(11-29-21)15-4-2-3-5-17(15)28-20(22)23/h2-8,10-11,20H,9H2,1H3,(H,24,25,26). The summed E-state index contributed by atoms with van der Waals surface area (Å²) in [6, 6.07) is 12.2. The van der Waals surface area contributed by atoms with Crippen LogP contribution in [0.1, 0.15) is 11.1 Å². The fourth-order valence-electron chi connectivity index (χ4n) is 3.00. The van der Waals surface area contributed by atoms with Gasteiger partial charge in [-0.25, -0.2) is 4.98 Å². The summed E-state index contributed by atoms with van der Waals surface area (Å²) in [6.45, 7) is -0.957. The molecule has 2 aromatic heterocycles. The molecule has 0 radical (unpaired) electrons. The van der Waals surface area contributed by atoms with Crippen LogP contribution in [0.25, 0.3) is 22.2 Å². The number of aromatic nitrogens is 1. The van der Waals surface area contributed by atoms with Crippen molar-refractivity contribution in [3.8, 4) is 17.0 Å². The molecule has 0 aliphatic carbocycles. The number of alkyl halides is 2. The molecule has 0 unspecified atom stereocenters. The molecule has 1 N–H and O–H groups in total. The molecule has 0 saturated heterocycles. The highest BCUT2D eigenvalue weighted by atomic mass is 32.1. The zero-order valence-corrected chi connectivity index (χ0v) is 16.1. The summed E-state index contributed by atoms with van der Waals surface area (Å²) in [5, 5.41) is 5.69. The molecule has 4 aromatic rings. The molecule has 2 heterocycles. The number of nitrogens with zero attached hydrogens (tertiary/aromatic N) is 1. The van der Waals surface area contributed by atoms with Gasteiger partial charge in [0.1, 0.15) is 11.3 Å². The van der Waals surface area contributed by atoms with Gasteiger partial charge in [-0.3, -0.25) is 4.79 Å². The number of ether oxygens (including phenoxy) is 1. The van der Waals surface area contributed by atoms with Crippen LogP contribution in [0.15, 0.2) is 58.5 Å². The lowest BCUT2D eigenvalue weighted by atomic mass is 10.1. The summed E-state index contributed by atoms with van der Waals surface area (Å²) in [4.78, 5) is 16.8. The van der Waals surface area contributed by atoms with E-state index >= 15 is 0 Å². The molecule has 5 nitrogen and oxygen atoms in total. The quantitative estimate of drug-likeness (QED) is 0.443. The number of aryl methyl sites for hydroxylation is 1. The lowest BCUT2D eigenvalue weighted by Crippen LogP contribution is -2.14. The van der Waals surface area contributed by atoms with Crippen molar-refractivity contribution in [1.29, 1.82) is 0 Å². The third-order valence-electron chi connectivity index (χ3n) is 4.29. The monoisotopic (exact) mass is 414 g/mol. The summed E-state index contributed by atoms with van der Waals surface area (Å²) in [5.41, 5.74) is 3.48. The SMILES string of the molecule is Cc1ccc2c(CC(=O)Nc3nc(-c4ccccc4OC(F)F)cs3)coc2c1. The third-order valence-corrected chi connectivity index (χ3v) is 5.05. The van der Waals surface area contributed by atoms with Gasteiger partial charge in [-0.05, 0) is 30.7 Å². The number of fused-ring (bicyclic) bond motifs is 1. The molecule has 0 saturated carbocycles. The summed E-state index contributed by atoms with van der Waals surface area (Å²) in [6.07, 6.45) is 1.71. The smallest absolute Gasteiger partial charge is 0.387 e. The maximum absolute atomic E-state index is 12.6. The molecule has 1 amide bonds. The summed E-state index contributed by atoms with van der Waals surface area (Å²) in [5.74, 6) is -0.211. The Morgan fingerprint density at radius 1 is 1.28 bits per heavy atom. The van der Waals surface area contributed by atoms with Gasteiger partial charge < -0.3 is 14.5 Å². The maximum atomic E-state index is 12.6. The molecular formula is C21H16F2N2O3S. The van der Waals surface area contributed by atoms with Crippen molar-refractivity contribution in [2.24, 2.45) is 0 Å². The first-order chi connectivity index (χ1) is 14.0. The average molecular weight is 414 g/mol. The number of anilines is 1. The van der Waals surface area contributed by atoms with E-state index < -0.39 is 6.61 Å². The van der Waals surface area contributed by atoms with Crippen LogP contribution in [-0.2, 0) is 11.2 Å². The minimum atomic E-state index is -2.93. The van der Waals surface area contributed by atoms with E-state index in [9.17, 15) is 13.6 Å². The number of hydrogen-bond donors (Lipinski definition) is 1. The van der Waals surface area contributed by atoms with Crippen LogP contribution < -0.4 is 10.1 Å². The molecule has 8 heteroatoms. The second-order valence-corrected chi connectivity index (χ2v) is 7.26. The van der Waals surface area contributed by atoms with Crippen molar-refractivity contribution < 1.29 is 22.7 Å². The number of nitrogens with one attached hydrogen (secondary N) is 1. The second kappa shape index (κ2) is 8.00. The van der Waals surface area contributed by atoms with Crippen LogP contribution in [0.4, 0.5) is 13.9 Å². The van der Waals surface area contributed by atoms with Gasteiger partial charge >= 0.3 is 6.61 Å². The number of amides is 1. The third kappa shape index (κ3) is 4.27. The molecule has 4 rings (SSSR count). The molecule has 29 heavy (non-hydrogen) atoms. The minimum Gasteiger partial charge on any atom is -0.464 e. The molecule has 0 spiro atoms. The van der Waals surface area contributed by atoms with Crippen molar-refractivity contribution >= 4 is 33.3 Å². The minimum absolute atomic E-state index is 0.0332. The van der Waals surface area contributed by atoms with E-state index in [1.807, 2.05) is 25.1 Å². The fourth-order valence-corrected chi connectivity index (χ4v) is 3.72. The van der Waals surface area contributed by atoms with Crippen molar-refractivity contribution in [1.82, 2.24) is 4.98 Å². The Morgan fingerprint density at radius 3 is 2.93 bits per heavy atom. The Labute approximate surface area is 168 Å². The zero-order valence-electron chi connectivity index (χ0n) is 15.3. The molecule has 0 bridgehead atoms. The lowest BCUT2D eigenvalue weighted by molar-refractivity contribution is -0.115.